The molecule has 1 N–H and O–H groups in total. The fourth-order valence-corrected chi connectivity index (χ4v) is 1.02. The first-order chi connectivity index (χ1) is 5.77. The van der Waals surface area contributed by atoms with E-state index in [4.69, 9.17) is 9.47 Å². The van der Waals surface area contributed by atoms with Crippen LogP contribution in [-0.4, -0.2) is 38.4 Å². The maximum absolute atomic E-state index is 11.3. The van der Waals surface area contributed by atoms with E-state index >= 15 is 0 Å². The van der Waals surface area contributed by atoms with E-state index in [2.05, 4.69) is 5.32 Å². The Hall–Kier alpha value is -0.610. The van der Waals surface area contributed by atoms with Crippen LogP contribution in [0.4, 0.5) is 0 Å². The van der Waals surface area contributed by atoms with Gasteiger partial charge in [-0.3, -0.25) is 4.79 Å². The topological polar surface area (TPSA) is 47.6 Å². The molecule has 0 bridgehead atoms. The molecule has 12 heavy (non-hydrogen) atoms. The molecule has 1 atom stereocenters. The van der Waals surface area contributed by atoms with Gasteiger partial charge in [0.1, 0.15) is 12.1 Å². The Labute approximate surface area is 72.2 Å². The number of carbonyl (C=O) groups excluding carboxylic acids is 1. The Balaban J connectivity index is 2.24. The summed E-state index contributed by atoms with van der Waals surface area (Å²) in [5, 5.41) is 2.89. The fourth-order valence-electron chi connectivity index (χ4n) is 1.02. The normalized spacial score (nSPS) is 19.8. The Bertz CT molecular complexity index is 152. The molecule has 1 saturated heterocycles. The smallest absolute Gasteiger partial charge is 0.323 e. The number of esters is 1. The van der Waals surface area contributed by atoms with Crippen LogP contribution in [0.25, 0.3) is 0 Å². The average Bonchev–Trinajstić information content (AvgIpc) is 1.99. The first kappa shape index (κ1) is 9.48. The van der Waals surface area contributed by atoms with E-state index in [0.29, 0.717) is 13.2 Å². The number of likely N-dealkylation sites (N-methyl/N-ethyl adjacent to an activating group) is 1. The molecule has 1 aliphatic rings. The summed E-state index contributed by atoms with van der Waals surface area (Å²) in [7, 11) is 1.76. The third-order valence-electron chi connectivity index (χ3n) is 1.93. The summed E-state index contributed by atoms with van der Waals surface area (Å²) >= 11 is 0. The lowest BCUT2D eigenvalue weighted by Gasteiger charge is -2.27. The van der Waals surface area contributed by atoms with Crippen LogP contribution >= 0.6 is 0 Å². The van der Waals surface area contributed by atoms with Crippen molar-refractivity contribution in [3.05, 3.63) is 0 Å². The van der Waals surface area contributed by atoms with Crippen molar-refractivity contribution in [3.63, 3.8) is 0 Å². The van der Waals surface area contributed by atoms with Crippen LogP contribution in [0.3, 0.4) is 0 Å². The van der Waals surface area contributed by atoms with E-state index in [1.165, 1.54) is 0 Å². The monoisotopic (exact) mass is 173 g/mol. The van der Waals surface area contributed by atoms with E-state index in [1.54, 1.807) is 7.05 Å². The zero-order valence-corrected chi connectivity index (χ0v) is 7.50. The Morgan fingerprint density at radius 3 is 2.75 bits per heavy atom. The lowest BCUT2D eigenvalue weighted by Crippen LogP contribution is -2.43. The van der Waals surface area contributed by atoms with Gasteiger partial charge in [0.2, 0.25) is 0 Å². The highest BCUT2D eigenvalue weighted by Gasteiger charge is 2.25. The molecule has 0 radical (unpaired) electrons. The molecule has 0 aromatic heterocycles. The van der Waals surface area contributed by atoms with Gasteiger partial charge in [-0.15, -0.1) is 0 Å². The first-order valence-corrected chi connectivity index (χ1v) is 4.23. The zero-order valence-electron chi connectivity index (χ0n) is 7.50. The molecule has 0 aromatic carbocycles. The van der Waals surface area contributed by atoms with Gasteiger partial charge in [0.15, 0.2) is 0 Å². The van der Waals surface area contributed by atoms with Gasteiger partial charge in [0.05, 0.1) is 13.2 Å². The zero-order chi connectivity index (χ0) is 8.97. The Morgan fingerprint density at radius 1 is 1.75 bits per heavy atom. The molecule has 0 aromatic rings. The van der Waals surface area contributed by atoms with Crippen LogP contribution in [0.1, 0.15) is 13.3 Å². The summed E-state index contributed by atoms with van der Waals surface area (Å²) in [5.41, 5.74) is 0. The molecular formula is C8H15NO3. The Morgan fingerprint density at radius 2 is 2.42 bits per heavy atom. The van der Waals surface area contributed by atoms with Crippen LogP contribution in [-0.2, 0) is 14.3 Å². The molecule has 0 aliphatic carbocycles. The molecule has 70 valence electrons. The standard InChI is InChI=1S/C8H15NO3/c1-3-7(9-2)8(10)12-6-4-11-5-6/h6-7,9H,3-5H2,1-2H3. The predicted molar refractivity (Wildman–Crippen MR) is 43.8 cm³/mol. The summed E-state index contributed by atoms with van der Waals surface area (Å²) < 4.78 is 9.99. The van der Waals surface area contributed by atoms with Crippen molar-refractivity contribution in [3.8, 4) is 0 Å². The molecule has 1 aliphatic heterocycles. The van der Waals surface area contributed by atoms with Crippen LogP contribution in [0, 0.1) is 0 Å². The molecule has 4 nitrogen and oxygen atoms in total. The SMILES string of the molecule is CCC(NC)C(=O)OC1COC1. The number of rotatable bonds is 4. The third kappa shape index (κ3) is 2.19. The van der Waals surface area contributed by atoms with Crippen molar-refractivity contribution in [2.75, 3.05) is 20.3 Å². The molecule has 0 spiro atoms. The van der Waals surface area contributed by atoms with Crippen LogP contribution < -0.4 is 5.32 Å². The summed E-state index contributed by atoms with van der Waals surface area (Å²) in [5.74, 6) is -0.173. The van der Waals surface area contributed by atoms with Crippen molar-refractivity contribution >= 4 is 5.97 Å². The minimum atomic E-state index is -0.175. The maximum Gasteiger partial charge on any atom is 0.323 e. The minimum Gasteiger partial charge on any atom is -0.456 e. The van der Waals surface area contributed by atoms with Gasteiger partial charge in [0, 0.05) is 0 Å². The van der Waals surface area contributed by atoms with Gasteiger partial charge < -0.3 is 14.8 Å². The number of carbonyl (C=O) groups is 1. The second-order valence-electron chi connectivity index (χ2n) is 2.85. The van der Waals surface area contributed by atoms with Gasteiger partial charge in [-0.25, -0.2) is 0 Å². The molecule has 1 heterocycles. The molecule has 1 rings (SSSR count). The maximum atomic E-state index is 11.3. The van der Waals surface area contributed by atoms with E-state index in [0.717, 1.165) is 6.42 Å². The number of nitrogens with one attached hydrogen (secondary N) is 1. The van der Waals surface area contributed by atoms with Crippen LogP contribution in [0.15, 0.2) is 0 Å². The molecule has 0 saturated carbocycles. The lowest BCUT2D eigenvalue weighted by atomic mass is 10.2. The van der Waals surface area contributed by atoms with Gasteiger partial charge in [0.25, 0.3) is 0 Å². The number of ether oxygens (including phenoxy) is 2. The minimum absolute atomic E-state index is 0.0140. The molecule has 1 fully saturated rings. The van der Waals surface area contributed by atoms with Crippen LogP contribution in [0.5, 0.6) is 0 Å². The van der Waals surface area contributed by atoms with E-state index < -0.39 is 0 Å². The van der Waals surface area contributed by atoms with Gasteiger partial charge >= 0.3 is 5.97 Å². The second kappa shape index (κ2) is 4.42. The second-order valence-corrected chi connectivity index (χ2v) is 2.85. The quantitative estimate of drug-likeness (QED) is 0.604. The highest BCUT2D eigenvalue weighted by atomic mass is 16.6. The van der Waals surface area contributed by atoms with Crippen molar-refractivity contribution in [2.45, 2.75) is 25.5 Å². The Kier molecular flexibility index (Phi) is 3.49. The summed E-state index contributed by atoms with van der Waals surface area (Å²) in [6.45, 7) is 3.04. The molecular weight excluding hydrogens is 158 g/mol. The number of hydrogen-bond donors (Lipinski definition) is 1. The van der Waals surface area contributed by atoms with Crippen molar-refractivity contribution in [1.29, 1.82) is 0 Å². The highest BCUT2D eigenvalue weighted by molar-refractivity contribution is 5.75. The predicted octanol–water partition coefficient (Wildman–Crippen LogP) is -0.0736. The van der Waals surface area contributed by atoms with E-state index in [-0.39, 0.29) is 18.1 Å². The van der Waals surface area contributed by atoms with Crippen molar-refractivity contribution in [2.24, 2.45) is 0 Å². The largest absolute Gasteiger partial charge is 0.456 e. The highest BCUT2D eigenvalue weighted by Crippen LogP contribution is 2.07. The molecule has 0 amide bonds. The number of hydrogen-bond acceptors (Lipinski definition) is 4. The van der Waals surface area contributed by atoms with Crippen molar-refractivity contribution < 1.29 is 14.3 Å². The molecule has 4 heteroatoms. The van der Waals surface area contributed by atoms with Gasteiger partial charge in [-0.05, 0) is 13.5 Å². The lowest BCUT2D eigenvalue weighted by molar-refractivity contribution is -0.174. The summed E-state index contributed by atoms with van der Waals surface area (Å²) in [4.78, 5) is 11.3. The third-order valence-corrected chi connectivity index (χ3v) is 1.93. The van der Waals surface area contributed by atoms with E-state index in [1.807, 2.05) is 6.92 Å². The van der Waals surface area contributed by atoms with Crippen LogP contribution in [0.2, 0.25) is 0 Å². The van der Waals surface area contributed by atoms with Gasteiger partial charge in [-0.1, -0.05) is 6.92 Å². The summed E-state index contributed by atoms with van der Waals surface area (Å²) in [6, 6.07) is -0.175. The summed E-state index contributed by atoms with van der Waals surface area (Å²) in [6.07, 6.45) is 0.739. The van der Waals surface area contributed by atoms with E-state index in [9.17, 15) is 4.79 Å². The average molecular weight is 173 g/mol. The van der Waals surface area contributed by atoms with Gasteiger partial charge in [-0.2, -0.15) is 0 Å². The molecule has 1 unspecified atom stereocenters. The fraction of sp³-hybridized carbons (Fsp3) is 0.875. The van der Waals surface area contributed by atoms with Crippen molar-refractivity contribution in [1.82, 2.24) is 5.32 Å². The first-order valence-electron chi connectivity index (χ1n) is 4.23.